The zero-order valence-electron chi connectivity index (χ0n) is 17.9. The van der Waals surface area contributed by atoms with Crippen LogP contribution in [-0.2, 0) is 11.2 Å². The Kier molecular flexibility index (Phi) is 6.95. The summed E-state index contributed by atoms with van der Waals surface area (Å²) in [6, 6.07) is 31.6. The van der Waals surface area contributed by atoms with Gasteiger partial charge in [0, 0.05) is 19.1 Å². The molecule has 0 aliphatic heterocycles. The third kappa shape index (κ3) is 5.42. The van der Waals surface area contributed by atoms with Gasteiger partial charge in [0.05, 0.1) is 0 Å². The Morgan fingerprint density at radius 3 is 2.28 bits per heavy atom. The highest BCUT2D eigenvalue weighted by molar-refractivity contribution is 5.75. The van der Waals surface area contributed by atoms with Crippen molar-refractivity contribution in [2.24, 2.45) is 0 Å². The summed E-state index contributed by atoms with van der Waals surface area (Å²) in [5.74, 6) is 2.25. The minimum Gasteiger partial charge on any atom is -0.467 e. The largest absolute Gasteiger partial charge is 0.467 e. The van der Waals surface area contributed by atoms with E-state index >= 15 is 0 Å². The number of benzene rings is 4. The Balaban J connectivity index is 1.48. The van der Waals surface area contributed by atoms with Gasteiger partial charge in [0.1, 0.15) is 23.5 Å². The number of ether oxygens (including phenoxy) is 3. The minimum atomic E-state index is 0.155. The van der Waals surface area contributed by atoms with Crippen molar-refractivity contribution in [2.75, 3.05) is 13.9 Å². The van der Waals surface area contributed by atoms with Gasteiger partial charge in [0.25, 0.3) is 0 Å². The number of hydrogen-bond acceptors (Lipinski definition) is 4. The van der Waals surface area contributed by atoms with E-state index in [0.29, 0.717) is 17.7 Å². The highest BCUT2D eigenvalue weighted by Gasteiger charge is 2.08. The van der Waals surface area contributed by atoms with Gasteiger partial charge in [-0.1, -0.05) is 54.6 Å². The molecule has 0 N–H and O–H groups in total. The molecule has 0 atom stereocenters. The van der Waals surface area contributed by atoms with E-state index in [4.69, 9.17) is 14.2 Å². The van der Waals surface area contributed by atoms with Crippen LogP contribution in [0.4, 0.5) is 0 Å². The van der Waals surface area contributed by atoms with E-state index in [2.05, 4.69) is 18.2 Å². The average molecular weight is 424 g/mol. The first-order valence-electron chi connectivity index (χ1n) is 10.4. The molecule has 32 heavy (non-hydrogen) atoms. The van der Waals surface area contributed by atoms with Gasteiger partial charge in [-0.05, 0) is 64.7 Å². The van der Waals surface area contributed by atoms with Crippen LogP contribution in [0.3, 0.4) is 0 Å². The fourth-order valence-electron chi connectivity index (χ4n) is 3.48. The normalized spacial score (nSPS) is 10.5. The van der Waals surface area contributed by atoms with Gasteiger partial charge in [-0.3, -0.25) is 4.79 Å². The second kappa shape index (κ2) is 10.4. The number of rotatable bonds is 9. The molecule has 0 radical (unpaired) electrons. The number of hydrogen-bond donors (Lipinski definition) is 0. The molecule has 0 unspecified atom stereocenters. The zero-order chi connectivity index (χ0) is 22.2. The summed E-state index contributed by atoms with van der Waals surface area (Å²) in [4.78, 5) is 11.2. The molecule has 4 aromatic rings. The summed E-state index contributed by atoms with van der Waals surface area (Å²) < 4.78 is 16.7. The molecular formula is C28H24O4. The van der Waals surface area contributed by atoms with Gasteiger partial charge in [-0.2, -0.15) is 0 Å². The first kappa shape index (κ1) is 21.3. The second-order valence-corrected chi connectivity index (χ2v) is 7.35. The van der Waals surface area contributed by atoms with Crippen LogP contribution in [0, 0.1) is 0 Å². The Labute approximate surface area is 188 Å². The van der Waals surface area contributed by atoms with E-state index in [-0.39, 0.29) is 6.79 Å². The minimum absolute atomic E-state index is 0.155. The van der Waals surface area contributed by atoms with Crippen molar-refractivity contribution in [3.63, 3.8) is 0 Å². The average Bonchev–Trinajstić information content (AvgIpc) is 2.85. The van der Waals surface area contributed by atoms with Gasteiger partial charge in [0.15, 0.2) is 6.79 Å². The van der Waals surface area contributed by atoms with Crippen LogP contribution in [0.5, 0.6) is 17.2 Å². The van der Waals surface area contributed by atoms with Crippen LogP contribution in [-0.4, -0.2) is 20.2 Å². The molecule has 4 aromatic carbocycles. The van der Waals surface area contributed by atoms with Crippen LogP contribution < -0.4 is 9.47 Å². The summed E-state index contributed by atoms with van der Waals surface area (Å²) in [7, 11) is 1.58. The van der Waals surface area contributed by atoms with Crippen LogP contribution in [0.2, 0.25) is 0 Å². The maximum atomic E-state index is 11.2. The lowest BCUT2D eigenvalue weighted by Gasteiger charge is -2.12. The van der Waals surface area contributed by atoms with E-state index in [1.54, 1.807) is 19.2 Å². The smallest absolute Gasteiger partial charge is 0.188 e. The zero-order valence-corrected chi connectivity index (χ0v) is 17.9. The molecule has 0 amide bonds. The summed E-state index contributed by atoms with van der Waals surface area (Å²) in [6.07, 6.45) is 1.47. The number of aldehydes is 1. The Bertz CT molecular complexity index is 1170. The maximum absolute atomic E-state index is 11.2. The van der Waals surface area contributed by atoms with E-state index in [1.165, 1.54) is 0 Å². The Hall–Kier alpha value is -3.89. The highest BCUT2D eigenvalue weighted by Crippen LogP contribution is 2.28. The molecular weight excluding hydrogens is 400 g/mol. The van der Waals surface area contributed by atoms with Gasteiger partial charge >= 0.3 is 0 Å². The van der Waals surface area contributed by atoms with Crippen molar-refractivity contribution in [1.29, 1.82) is 0 Å². The SMILES string of the molecule is COCOc1ccc(C=O)cc1Cc1ccc(Oc2cccc(-c3ccccc3)c2)cc1. The van der Waals surface area contributed by atoms with Crippen molar-refractivity contribution in [3.8, 4) is 28.4 Å². The third-order valence-electron chi connectivity index (χ3n) is 5.05. The summed E-state index contributed by atoms with van der Waals surface area (Å²) in [5.41, 5.74) is 4.88. The molecule has 0 aliphatic carbocycles. The van der Waals surface area contributed by atoms with Crippen LogP contribution >= 0.6 is 0 Å². The van der Waals surface area contributed by atoms with Crippen molar-refractivity contribution in [1.82, 2.24) is 0 Å². The van der Waals surface area contributed by atoms with Crippen molar-refractivity contribution in [3.05, 3.63) is 114 Å². The molecule has 4 nitrogen and oxygen atoms in total. The van der Waals surface area contributed by atoms with E-state index in [0.717, 1.165) is 40.0 Å². The third-order valence-corrected chi connectivity index (χ3v) is 5.05. The van der Waals surface area contributed by atoms with Crippen molar-refractivity contribution in [2.45, 2.75) is 6.42 Å². The predicted molar refractivity (Wildman–Crippen MR) is 126 cm³/mol. The number of carbonyl (C=O) groups excluding carboxylic acids is 1. The lowest BCUT2D eigenvalue weighted by atomic mass is 10.0. The van der Waals surface area contributed by atoms with Gasteiger partial charge < -0.3 is 14.2 Å². The highest BCUT2D eigenvalue weighted by atomic mass is 16.7. The monoisotopic (exact) mass is 424 g/mol. The molecule has 4 heteroatoms. The molecule has 160 valence electrons. The quantitative estimate of drug-likeness (QED) is 0.226. The fourth-order valence-corrected chi connectivity index (χ4v) is 3.48. The first-order valence-corrected chi connectivity index (χ1v) is 10.4. The molecule has 0 bridgehead atoms. The molecule has 0 saturated carbocycles. The Morgan fingerprint density at radius 1 is 0.750 bits per heavy atom. The fraction of sp³-hybridized carbons (Fsp3) is 0.107. The molecule has 0 saturated heterocycles. The molecule has 0 aliphatic rings. The summed E-state index contributed by atoms with van der Waals surface area (Å²) in [5, 5.41) is 0. The summed E-state index contributed by atoms with van der Waals surface area (Å²) in [6.45, 7) is 0.155. The maximum Gasteiger partial charge on any atom is 0.188 e. The van der Waals surface area contributed by atoms with Crippen molar-refractivity contribution < 1.29 is 19.0 Å². The lowest BCUT2D eigenvalue weighted by Crippen LogP contribution is -2.03. The van der Waals surface area contributed by atoms with E-state index in [9.17, 15) is 4.79 Å². The second-order valence-electron chi connectivity index (χ2n) is 7.35. The summed E-state index contributed by atoms with van der Waals surface area (Å²) >= 11 is 0. The molecule has 0 aromatic heterocycles. The van der Waals surface area contributed by atoms with Crippen LogP contribution in [0.1, 0.15) is 21.5 Å². The molecule has 0 spiro atoms. The molecule has 4 rings (SSSR count). The number of methoxy groups -OCH3 is 1. The number of carbonyl (C=O) groups is 1. The predicted octanol–water partition coefficient (Wildman–Crippen LogP) is 6.53. The standard InChI is InChI=1S/C28H24O4/c1-30-20-31-28-15-12-22(19-29)17-25(28)16-21-10-13-26(14-11-21)32-27-9-5-8-24(18-27)23-6-3-2-4-7-23/h2-15,17-19H,16,20H2,1H3. The van der Waals surface area contributed by atoms with Gasteiger partial charge in [-0.25, -0.2) is 0 Å². The van der Waals surface area contributed by atoms with Crippen molar-refractivity contribution >= 4 is 6.29 Å². The Morgan fingerprint density at radius 2 is 1.53 bits per heavy atom. The molecule has 0 heterocycles. The van der Waals surface area contributed by atoms with Gasteiger partial charge in [0.2, 0.25) is 0 Å². The lowest BCUT2D eigenvalue weighted by molar-refractivity contribution is 0.0505. The molecule has 0 fully saturated rings. The van der Waals surface area contributed by atoms with Gasteiger partial charge in [-0.15, -0.1) is 0 Å². The van der Waals surface area contributed by atoms with Crippen LogP contribution in [0.15, 0.2) is 97.1 Å². The van der Waals surface area contributed by atoms with E-state index in [1.807, 2.05) is 66.7 Å². The van der Waals surface area contributed by atoms with E-state index < -0.39 is 0 Å². The topological polar surface area (TPSA) is 44.8 Å². The first-order chi connectivity index (χ1) is 15.7. The van der Waals surface area contributed by atoms with Crippen LogP contribution in [0.25, 0.3) is 11.1 Å².